The minimum atomic E-state index is -0.425. The van der Waals surface area contributed by atoms with Crippen molar-refractivity contribution in [1.82, 2.24) is 4.90 Å². The van der Waals surface area contributed by atoms with Crippen LogP contribution in [0, 0.1) is 17.6 Å². The summed E-state index contributed by atoms with van der Waals surface area (Å²) in [5.41, 5.74) is 1.44. The number of nitrogens with zero attached hydrogens (tertiary/aromatic N) is 1. The standard InChI is InChI=1S/C19H18F2N2O2/c20-15-3-1-13(2-4-15)9-10-23-12-14(11-18(23)24)19(25)22-17-7-5-16(21)6-8-17/h1-8,14H,9-12H2,(H,22,25). The predicted molar refractivity (Wildman–Crippen MR) is 89.8 cm³/mol. The lowest BCUT2D eigenvalue weighted by Gasteiger charge is -2.16. The number of hydrogen-bond acceptors (Lipinski definition) is 2. The van der Waals surface area contributed by atoms with Gasteiger partial charge in [-0.2, -0.15) is 0 Å². The molecular formula is C19H18F2N2O2. The second-order valence-electron chi connectivity index (χ2n) is 6.11. The minimum Gasteiger partial charge on any atom is -0.342 e. The maximum Gasteiger partial charge on any atom is 0.229 e. The van der Waals surface area contributed by atoms with E-state index in [1.165, 1.54) is 36.4 Å². The first-order valence-electron chi connectivity index (χ1n) is 8.10. The predicted octanol–water partition coefficient (Wildman–Crippen LogP) is 2.99. The third-order valence-electron chi connectivity index (χ3n) is 4.28. The van der Waals surface area contributed by atoms with Gasteiger partial charge in [0.1, 0.15) is 11.6 Å². The third kappa shape index (κ3) is 4.41. The Kier molecular flexibility index (Phi) is 5.07. The largest absolute Gasteiger partial charge is 0.342 e. The summed E-state index contributed by atoms with van der Waals surface area (Å²) in [5, 5.41) is 2.71. The fourth-order valence-electron chi connectivity index (χ4n) is 2.86. The van der Waals surface area contributed by atoms with E-state index in [1.54, 1.807) is 17.0 Å². The molecule has 3 rings (SSSR count). The van der Waals surface area contributed by atoms with E-state index in [2.05, 4.69) is 5.32 Å². The molecule has 1 saturated heterocycles. The summed E-state index contributed by atoms with van der Waals surface area (Å²) in [7, 11) is 0. The van der Waals surface area contributed by atoms with Crippen LogP contribution in [0.5, 0.6) is 0 Å². The van der Waals surface area contributed by atoms with E-state index in [9.17, 15) is 18.4 Å². The number of rotatable bonds is 5. The molecule has 0 aromatic heterocycles. The topological polar surface area (TPSA) is 49.4 Å². The van der Waals surface area contributed by atoms with E-state index in [-0.39, 0.29) is 29.9 Å². The van der Waals surface area contributed by atoms with Gasteiger partial charge < -0.3 is 10.2 Å². The van der Waals surface area contributed by atoms with Crippen molar-refractivity contribution in [2.45, 2.75) is 12.8 Å². The zero-order valence-corrected chi connectivity index (χ0v) is 13.5. The molecule has 25 heavy (non-hydrogen) atoms. The van der Waals surface area contributed by atoms with Crippen molar-refractivity contribution in [1.29, 1.82) is 0 Å². The highest BCUT2D eigenvalue weighted by molar-refractivity contribution is 5.97. The Morgan fingerprint density at radius 3 is 2.28 bits per heavy atom. The normalized spacial score (nSPS) is 17.0. The van der Waals surface area contributed by atoms with Crippen LogP contribution < -0.4 is 5.32 Å². The monoisotopic (exact) mass is 344 g/mol. The molecule has 0 spiro atoms. The number of likely N-dealkylation sites (tertiary alicyclic amines) is 1. The summed E-state index contributed by atoms with van der Waals surface area (Å²) in [5.74, 6) is -1.41. The number of amides is 2. The number of nitrogens with one attached hydrogen (secondary N) is 1. The van der Waals surface area contributed by atoms with E-state index < -0.39 is 5.92 Å². The Balaban J connectivity index is 1.53. The molecule has 0 bridgehead atoms. The van der Waals surface area contributed by atoms with Gasteiger partial charge in [-0.05, 0) is 48.4 Å². The van der Waals surface area contributed by atoms with Gasteiger partial charge in [0.15, 0.2) is 0 Å². The van der Waals surface area contributed by atoms with E-state index in [1.807, 2.05) is 0 Å². The lowest BCUT2D eigenvalue weighted by molar-refractivity contribution is -0.128. The second-order valence-corrected chi connectivity index (χ2v) is 6.11. The molecule has 0 aliphatic carbocycles. The van der Waals surface area contributed by atoms with Gasteiger partial charge in [-0.3, -0.25) is 9.59 Å². The molecule has 6 heteroatoms. The molecule has 0 saturated carbocycles. The molecule has 0 radical (unpaired) electrons. The first-order chi connectivity index (χ1) is 12.0. The summed E-state index contributed by atoms with van der Waals surface area (Å²) in [6.07, 6.45) is 0.773. The van der Waals surface area contributed by atoms with Crippen molar-refractivity contribution in [2.24, 2.45) is 5.92 Å². The van der Waals surface area contributed by atoms with Crippen molar-refractivity contribution in [3.63, 3.8) is 0 Å². The fourth-order valence-corrected chi connectivity index (χ4v) is 2.86. The molecule has 2 amide bonds. The van der Waals surface area contributed by atoms with Crippen molar-refractivity contribution in [2.75, 3.05) is 18.4 Å². The van der Waals surface area contributed by atoms with Crippen LogP contribution in [-0.2, 0) is 16.0 Å². The van der Waals surface area contributed by atoms with Gasteiger partial charge in [-0.15, -0.1) is 0 Å². The number of hydrogen-bond donors (Lipinski definition) is 1. The van der Waals surface area contributed by atoms with E-state index >= 15 is 0 Å². The van der Waals surface area contributed by atoms with Crippen LogP contribution in [0.4, 0.5) is 14.5 Å². The summed E-state index contributed by atoms with van der Waals surface area (Å²) >= 11 is 0. The van der Waals surface area contributed by atoms with Crippen LogP contribution in [0.3, 0.4) is 0 Å². The number of benzene rings is 2. The molecule has 130 valence electrons. The number of halogens is 2. The van der Waals surface area contributed by atoms with Crippen molar-refractivity contribution in [3.05, 3.63) is 65.7 Å². The third-order valence-corrected chi connectivity index (χ3v) is 4.28. The highest BCUT2D eigenvalue weighted by Gasteiger charge is 2.33. The molecule has 1 fully saturated rings. The molecule has 1 aliphatic heterocycles. The van der Waals surface area contributed by atoms with Crippen LogP contribution in [0.15, 0.2) is 48.5 Å². The van der Waals surface area contributed by atoms with Crippen LogP contribution in [-0.4, -0.2) is 29.8 Å². The number of anilines is 1. The molecule has 4 nitrogen and oxygen atoms in total. The van der Waals surface area contributed by atoms with Gasteiger partial charge in [0.05, 0.1) is 5.92 Å². The summed E-state index contributed by atoms with van der Waals surface area (Å²) in [6.45, 7) is 0.845. The Hall–Kier alpha value is -2.76. The van der Waals surface area contributed by atoms with Crippen LogP contribution in [0.1, 0.15) is 12.0 Å². The van der Waals surface area contributed by atoms with Gasteiger partial charge in [-0.1, -0.05) is 12.1 Å². The molecule has 1 unspecified atom stereocenters. The second kappa shape index (κ2) is 7.42. The highest BCUT2D eigenvalue weighted by atomic mass is 19.1. The molecule has 1 atom stereocenters. The maximum absolute atomic E-state index is 12.9. The summed E-state index contributed by atoms with van der Waals surface area (Å²) in [4.78, 5) is 26.0. The van der Waals surface area contributed by atoms with Crippen LogP contribution >= 0.6 is 0 Å². The summed E-state index contributed by atoms with van der Waals surface area (Å²) in [6, 6.07) is 11.7. The first kappa shape index (κ1) is 17.1. The molecule has 2 aromatic rings. The van der Waals surface area contributed by atoms with Crippen molar-refractivity contribution >= 4 is 17.5 Å². The summed E-state index contributed by atoms with van der Waals surface area (Å²) < 4.78 is 25.8. The quantitative estimate of drug-likeness (QED) is 0.906. The van der Waals surface area contributed by atoms with Gasteiger partial charge in [0.2, 0.25) is 11.8 Å². The minimum absolute atomic E-state index is 0.0682. The van der Waals surface area contributed by atoms with Gasteiger partial charge >= 0.3 is 0 Å². The lowest BCUT2D eigenvalue weighted by Crippen LogP contribution is -2.30. The zero-order valence-electron chi connectivity index (χ0n) is 13.5. The number of carbonyl (C=O) groups is 2. The average molecular weight is 344 g/mol. The van der Waals surface area contributed by atoms with E-state index in [0.29, 0.717) is 25.2 Å². The fraction of sp³-hybridized carbons (Fsp3) is 0.263. The average Bonchev–Trinajstić information content (AvgIpc) is 2.97. The molecule has 1 heterocycles. The van der Waals surface area contributed by atoms with Crippen molar-refractivity contribution < 1.29 is 18.4 Å². The molecule has 1 aliphatic rings. The lowest BCUT2D eigenvalue weighted by atomic mass is 10.1. The smallest absolute Gasteiger partial charge is 0.229 e. The molecule has 1 N–H and O–H groups in total. The maximum atomic E-state index is 12.9. The van der Waals surface area contributed by atoms with Gasteiger partial charge in [-0.25, -0.2) is 8.78 Å². The first-order valence-corrected chi connectivity index (χ1v) is 8.10. The Morgan fingerprint density at radius 1 is 1.04 bits per heavy atom. The highest BCUT2D eigenvalue weighted by Crippen LogP contribution is 2.20. The Labute approximate surface area is 144 Å². The van der Waals surface area contributed by atoms with E-state index in [4.69, 9.17) is 0 Å². The van der Waals surface area contributed by atoms with Gasteiger partial charge in [0.25, 0.3) is 0 Å². The van der Waals surface area contributed by atoms with Crippen molar-refractivity contribution in [3.8, 4) is 0 Å². The van der Waals surface area contributed by atoms with Gasteiger partial charge in [0, 0.05) is 25.2 Å². The Morgan fingerprint density at radius 2 is 1.64 bits per heavy atom. The van der Waals surface area contributed by atoms with Crippen LogP contribution in [0.2, 0.25) is 0 Å². The van der Waals surface area contributed by atoms with Crippen LogP contribution in [0.25, 0.3) is 0 Å². The Bertz CT molecular complexity index is 760. The zero-order chi connectivity index (χ0) is 17.8. The number of carbonyl (C=O) groups excluding carboxylic acids is 2. The van der Waals surface area contributed by atoms with E-state index in [0.717, 1.165) is 5.56 Å². The molecule has 2 aromatic carbocycles. The SMILES string of the molecule is O=C(Nc1ccc(F)cc1)C1CC(=O)N(CCc2ccc(F)cc2)C1. The molecular weight excluding hydrogens is 326 g/mol.